The molecule has 1 rings (SSSR count). The standard InChI is InChI=1S/C16H26/c1-7-8-15(16(4,5)6)14-10-9-12(2)11-13(14)3/h9-11,15H,7-8H2,1-6H3. The van der Waals surface area contributed by atoms with Gasteiger partial charge in [-0.05, 0) is 42.7 Å². The summed E-state index contributed by atoms with van der Waals surface area (Å²) in [6.07, 6.45) is 2.54. The molecular weight excluding hydrogens is 192 g/mol. The summed E-state index contributed by atoms with van der Waals surface area (Å²) in [7, 11) is 0. The van der Waals surface area contributed by atoms with Gasteiger partial charge in [-0.3, -0.25) is 0 Å². The van der Waals surface area contributed by atoms with Crippen molar-refractivity contribution < 1.29 is 0 Å². The molecular formula is C16H26. The smallest absolute Gasteiger partial charge is 0.0111 e. The lowest BCUT2D eigenvalue weighted by Gasteiger charge is -2.32. The van der Waals surface area contributed by atoms with Crippen LogP contribution in [0.4, 0.5) is 0 Å². The van der Waals surface area contributed by atoms with Crippen LogP contribution in [-0.4, -0.2) is 0 Å². The summed E-state index contributed by atoms with van der Waals surface area (Å²) >= 11 is 0. The summed E-state index contributed by atoms with van der Waals surface area (Å²) in [5.41, 5.74) is 4.72. The molecule has 0 radical (unpaired) electrons. The van der Waals surface area contributed by atoms with E-state index in [1.165, 1.54) is 24.0 Å². The maximum atomic E-state index is 2.35. The van der Waals surface area contributed by atoms with Gasteiger partial charge in [0.25, 0.3) is 0 Å². The molecule has 0 saturated heterocycles. The number of hydrogen-bond acceptors (Lipinski definition) is 0. The highest BCUT2D eigenvalue weighted by Crippen LogP contribution is 2.39. The Balaban J connectivity index is 3.11. The molecule has 0 aliphatic rings. The second-order valence-corrected chi connectivity index (χ2v) is 6.07. The van der Waals surface area contributed by atoms with Crippen LogP contribution >= 0.6 is 0 Å². The van der Waals surface area contributed by atoms with Gasteiger partial charge in [0, 0.05) is 0 Å². The molecule has 1 aromatic carbocycles. The molecule has 0 spiro atoms. The second kappa shape index (κ2) is 5.03. The molecule has 0 heterocycles. The molecule has 0 bridgehead atoms. The van der Waals surface area contributed by atoms with Gasteiger partial charge < -0.3 is 0 Å². The van der Waals surface area contributed by atoms with E-state index >= 15 is 0 Å². The molecule has 90 valence electrons. The number of hydrogen-bond donors (Lipinski definition) is 0. The first-order valence-electron chi connectivity index (χ1n) is 6.43. The topological polar surface area (TPSA) is 0 Å². The van der Waals surface area contributed by atoms with E-state index in [1.54, 1.807) is 5.56 Å². The Labute approximate surface area is 101 Å². The average Bonchev–Trinajstić information content (AvgIpc) is 2.13. The molecule has 0 amide bonds. The average molecular weight is 218 g/mol. The zero-order chi connectivity index (χ0) is 12.3. The van der Waals surface area contributed by atoms with Crippen LogP contribution in [0.1, 0.15) is 63.1 Å². The lowest BCUT2D eigenvalue weighted by Crippen LogP contribution is -2.19. The van der Waals surface area contributed by atoms with E-state index in [4.69, 9.17) is 0 Å². The number of aryl methyl sites for hydroxylation is 2. The van der Waals surface area contributed by atoms with Gasteiger partial charge in [-0.1, -0.05) is 57.9 Å². The van der Waals surface area contributed by atoms with E-state index in [-0.39, 0.29) is 0 Å². The van der Waals surface area contributed by atoms with Crippen LogP contribution < -0.4 is 0 Å². The number of benzene rings is 1. The van der Waals surface area contributed by atoms with E-state index in [1.807, 2.05) is 0 Å². The highest BCUT2D eigenvalue weighted by Gasteiger charge is 2.26. The van der Waals surface area contributed by atoms with Crippen LogP contribution in [0, 0.1) is 19.3 Å². The third-order valence-corrected chi connectivity index (χ3v) is 3.42. The van der Waals surface area contributed by atoms with Crippen LogP contribution in [0.15, 0.2) is 18.2 Å². The fourth-order valence-electron chi connectivity index (χ4n) is 2.56. The molecule has 0 heteroatoms. The molecule has 0 saturated carbocycles. The van der Waals surface area contributed by atoms with Gasteiger partial charge in [-0.25, -0.2) is 0 Å². The first-order chi connectivity index (χ1) is 7.36. The highest BCUT2D eigenvalue weighted by atomic mass is 14.3. The second-order valence-electron chi connectivity index (χ2n) is 6.07. The van der Waals surface area contributed by atoms with E-state index in [2.05, 4.69) is 59.7 Å². The van der Waals surface area contributed by atoms with Crippen LogP contribution in [0.5, 0.6) is 0 Å². The molecule has 1 aromatic rings. The van der Waals surface area contributed by atoms with E-state index in [0.29, 0.717) is 11.3 Å². The molecule has 0 aliphatic heterocycles. The van der Waals surface area contributed by atoms with Crippen LogP contribution in [0.25, 0.3) is 0 Å². The largest absolute Gasteiger partial charge is 0.0654 e. The van der Waals surface area contributed by atoms with Crippen LogP contribution in [0.2, 0.25) is 0 Å². The van der Waals surface area contributed by atoms with Crippen molar-refractivity contribution in [3.63, 3.8) is 0 Å². The van der Waals surface area contributed by atoms with Crippen molar-refractivity contribution in [3.05, 3.63) is 34.9 Å². The minimum atomic E-state index is 0.357. The lowest BCUT2D eigenvalue weighted by molar-refractivity contribution is 0.302. The van der Waals surface area contributed by atoms with E-state index in [0.717, 1.165) is 0 Å². The van der Waals surface area contributed by atoms with Gasteiger partial charge in [-0.15, -0.1) is 0 Å². The molecule has 0 nitrogen and oxygen atoms in total. The minimum absolute atomic E-state index is 0.357. The molecule has 16 heavy (non-hydrogen) atoms. The predicted molar refractivity (Wildman–Crippen MR) is 73.0 cm³/mol. The first-order valence-corrected chi connectivity index (χ1v) is 6.43. The Hall–Kier alpha value is -0.780. The Morgan fingerprint density at radius 3 is 2.19 bits per heavy atom. The summed E-state index contributed by atoms with van der Waals surface area (Å²) in [5, 5.41) is 0. The minimum Gasteiger partial charge on any atom is -0.0654 e. The number of rotatable bonds is 3. The van der Waals surface area contributed by atoms with Gasteiger partial charge in [0.15, 0.2) is 0 Å². The van der Waals surface area contributed by atoms with Gasteiger partial charge in [0.05, 0.1) is 0 Å². The molecule has 1 atom stereocenters. The van der Waals surface area contributed by atoms with Crippen molar-refractivity contribution in [2.24, 2.45) is 5.41 Å². The van der Waals surface area contributed by atoms with Crippen LogP contribution in [0.3, 0.4) is 0 Å². The molecule has 1 unspecified atom stereocenters. The van der Waals surface area contributed by atoms with Crippen molar-refractivity contribution in [2.45, 2.75) is 60.3 Å². The maximum absolute atomic E-state index is 2.35. The van der Waals surface area contributed by atoms with Crippen molar-refractivity contribution in [3.8, 4) is 0 Å². The van der Waals surface area contributed by atoms with Gasteiger partial charge >= 0.3 is 0 Å². The van der Waals surface area contributed by atoms with Crippen LogP contribution in [-0.2, 0) is 0 Å². The zero-order valence-corrected chi connectivity index (χ0v) is 11.7. The Bertz CT molecular complexity index is 342. The van der Waals surface area contributed by atoms with Crippen molar-refractivity contribution in [2.75, 3.05) is 0 Å². The summed E-state index contributed by atoms with van der Waals surface area (Å²) < 4.78 is 0. The normalized spacial score (nSPS) is 13.9. The Kier molecular flexibility index (Phi) is 4.18. The molecule has 0 aromatic heterocycles. The summed E-state index contributed by atoms with van der Waals surface area (Å²) in [5.74, 6) is 0.679. The van der Waals surface area contributed by atoms with Gasteiger partial charge in [0.2, 0.25) is 0 Å². The molecule has 0 fully saturated rings. The summed E-state index contributed by atoms with van der Waals surface area (Å²) in [6.45, 7) is 13.8. The van der Waals surface area contributed by atoms with Gasteiger partial charge in [-0.2, -0.15) is 0 Å². The maximum Gasteiger partial charge on any atom is -0.0111 e. The zero-order valence-electron chi connectivity index (χ0n) is 11.7. The quantitative estimate of drug-likeness (QED) is 0.651. The molecule has 0 N–H and O–H groups in total. The SMILES string of the molecule is CCCC(c1ccc(C)cc1C)C(C)(C)C. The third kappa shape index (κ3) is 3.10. The van der Waals surface area contributed by atoms with Crippen molar-refractivity contribution >= 4 is 0 Å². The lowest BCUT2D eigenvalue weighted by atomic mass is 9.73. The monoisotopic (exact) mass is 218 g/mol. The van der Waals surface area contributed by atoms with Gasteiger partial charge in [0.1, 0.15) is 0 Å². The van der Waals surface area contributed by atoms with E-state index in [9.17, 15) is 0 Å². The predicted octanol–water partition coefficient (Wildman–Crippen LogP) is 5.23. The van der Waals surface area contributed by atoms with Crippen molar-refractivity contribution in [1.82, 2.24) is 0 Å². The van der Waals surface area contributed by atoms with Crippen molar-refractivity contribution in [1.29, 1.82) is 0 Å². The molecule has 0 aliphatic carbocycles. The first kappa shape index (κ1) is 13.3. The van der Waals surface area contributed by atoms with E-state index < -0.39 is 0 Å². The summed E-state index contributed by atoms with van der Waals surface area (Å²) in [6, 6.07) is 6.89. The fourth-order valence-corrected chi connectivity index (χ4v) is 2.56. The fraction of sp³-hybridized carbons (Fsp3) is 0.625. The highest BCUT2D eigenvalue weighted by molar-refractivity contribution is 5.34. The third-order valence-electron chi connectivity index (χ3n) is 3.42. The summed E-state index contributed by atoms with van der Waals surface area (Å²) in [4.78, 5) is 0. The Morgan fingerprint density at radius 1 is 1.12 bits per heavy atom. The Morgan fingerprint density at radius 2 is 1.75 bits per heavy atom.